The summed E-state index contributed by atoms with van der Waals surface area (Å²) in [6, 6.07) is 28.1. The normalized spacial score (nSPS) is 11.3. The van der Waals surface area contributed by atoms with Crippen LogP contribution in [0.25, 0.3) is 36.4 Å². The van der Waals surface area contributed by atoms with Crippen LogP contribution < -0.4 is 5.14 Å². The first-order valence-electron chi connectivity index (χ1n) is 11.1. The monoisotopic (exact) mass is 642 g/mol. The molecule has 38 heavy (non-hydrogen) atoms. The van der Waals surface area contributed by atoms with Crippen LogP contribution in [0.5, 0.6) is 0 Å². The third kappa shape index (κ3) is 6.01. The number of imidazole rings is 1. The second kappa shape index (κ2) is 11.4. The van der Waals surface area contributed by atoms with Gasteiger partial charge in [0.25, 0.3) is 10.0 Å². The molecule has 2 N–H and O–H groups in total. The highest BCUT2D eigenvalue weighted by molar-refractivity contribution is 9.09. The van der Waals surface area contributed by atoms with Crippen LogP contribution in [-0.2, 0) is 10.0 Å². The highest BCUT2D eigenvalue weighted by Gasteiger charge is 2.18. The van der Waals surface area contributed by atoms with Gasteiger partial charge < -0.3 is 0 Å². The highest BCUT2D eigenvalue weighted by Crippen LogP contribution is 2.34. The number of Topliss-reactive ketones (excluding diaryl/α,β-unsaturated/α-hetero) is 1. The Hall–Kier alpha value is -3.00. The molecular formula is C26H19BrN4O3S4. The number of alkyl halides is 1. The number of ketones is 1. The van der Waals surface area contributed by atoms with Crippen LogP contribution in [0.15, 0.2) is 95.5 Å². The van der Waals surface area contributed by atoms with E-state index >= 15 is 0 Å². The molecule has 0 atom stereocenters. The van der Waals surface area contributed by atoms with Crippen molar-refractivity contribution in [2.24, 2.45) is 5.14 Å². The molecular weight excluding hydrogens is 624 g/mol. The SMILES string of the molecule is NS(=O)(=O)c1nn2cc(-c3ccc(-c4ccccc4)s3)nc2s1.O=C(CBr)c1ccc(-c2ccccc2)s1. The minimum atomic E-state index is -3.79. The van der Waals surface area contributed by atoms with E-state index in [-0.39, 0.29) is 10.1 Å². The van der Waals surface area contributed by atoms with Gasteiger partial charge in [-0.25, -0.2) is 23.1 Å². The molecule has 7 nitrogen and oxygen atoms in total. The molecule has 12 heteroatoms. The Morgan fingerprint density at radius 3 is 1.97 bits per heavy atom. The Morgan fingerprint density at radius 1 is 0.816 bits per heavy atom. The molecule has 0 radical (unpaired) electrons. The first-order chi connectivity index (χ1) is 18.3. The lowest BCUT2D eigenvalue weighted by Gasteiger charge is -1.94. The predicted molar refractivity (Wildman–Crippen MR) is 159 cm³/mol. The maximum Gasteiger partial charge on any atom is 0.267 e. The summed E-state index contributed by atoms with van der Waals surface area (Å²) in [6.07, 6.45) is 1.71. The van der Waals surface area contributed by atoms with Gasteiger partial charge in [-0.15, -0.1) is 27.8 Å². The number of carbonyl (C=O) groups excluding carboxylic acids is 1. The fourth-order valence-electron chi connectivity index (χ4n) is 3.46. The largest absolute Gasteiger partial charge is 0.292 e. The van der Waals surface area contributed by atoms with E-state index in [1.165, 1.54) is 15.9 Å². The minimum absolute atomic E-state index is 0.136. The van der Waals surface area contributed by atoms with Gasteiger partial charge in [0, 0.05) is 9.75 Å². The topological polar surface area (TPSA) is 107 Å². The van der Waals surface area contributed by atoms with Gasteiger partial charge >= 0.3 is 0 Å². The van der Waals surface area contributed by atoms with Crippen molar-refractivity contribution in [3.63, 3.8) is 0 Å². The van der Waals surface area contributed by atoms with Crippen molar-refractivity contribution in [3.05, 3.63) is 96.0 Å². The summed E-state index contributed by atoms with van der Waals surface area (Å²) in [4.78, 5) is 20.5. The van der Waals surface area contributed by atoms with E-state index in [1.54, 1.807) is 17.5 Å². The summed E-state index contributed by atoms with van der Waals surface area (Å²) in [6.45, 7) is 0. The fraction of sp³-hybridized carbons (Fsp3) is 0.0385. The Morgan fingerprint density at radius 2 is 1.39 bits per heavy atom. The second-order valence-corrected chi connectivity index (χ2v) is 13.3. The van der Waals surface area contributed by atoms with Gasteiger partial charge in [0.2, 0.25) is 9.30 Å². The molecule has 0 fully saturated rings. The van der Waals surface area contributed by atoms with Crippen molar-refractivity contribution in [2.75, 3.05) is 5.33 Å². The third-order valence-electron chi connectivity index (χ3n) is 5.25. The van der Waals surface area contributed by atoms with Crippen LogP contribution in [0.1, 0.15) is 9.67 Å². The number of hydrogen-bond donors (Lipinski definition) is 1. The molecule has 0 unspecified atom stereocenters. The van der Waals surface area contributed by atoms with Crippen LogP contribution in [0.2, 0.25) is 0 Å². The number of thiophene rings is 2. The molecule has 0 aliphatic heterocycles. The molecule has 2 aromatic carbocycles. The van der Waals surface area contributed by atoms with Crippen molar-refractivity contribution in [1.82, 2.24) is 14.6 Å². The van der Waals surface area contributed by atoms with E-state index in [4.69, 9.17) is 5.14 Å². The zero-order valence-electron chi connectivity index (χ0n) is 19.5. The molecule has 4 heterocycles. The van der Waals surface area contributed by atoms with Crippen LogP contribution >= 0.6 is 49.9 Å². The predicted octanol–water partition coefficient (Wildman–Crippen LogP) is 6.83. The molecule has 0 bridgehead atoms. The van der Waals surface area contributed by atoms with Crippen molar-refractivity contribution in [3.8, 4) is 31.5 Å². The molecule has 0 saturated carbocycles. The van der Waals surface area contributed by atoms with Gasteiger partial charge in [-0.3, -0.25) is 4.79 Å². The number of sulfonamides is 1. The molecule has 0 spiro atoms. The number of benzene rings is 2. The lowest BCUT2D eigenvalue weighted by atomic mass is 10.2. The first-order valence-corrected chi connectivity index (χ1v) is 16.2. The van der Waals surface area contributed by atoms with Crippen LogP contribution in [-0.4, -0.2) is 34.1 Å². The summed E-state index contributed by atoms with van der Waals surface area (Å²) in [7, 11) is -3.79. The van der Waals surface area contributed by atoms with Gasteiger partial charge in [0.1, 0.15) is 5.69 Å². The number of carbonyl (C=O) groups is 1. The Kier molecular flexibility index (Phi) is 7.98. The Balaban J connectivity index is 0.000000170. The molecule has 0 amide bonds. The van der Waals surface area contributed by atoms with Gasteiger partial charge in [-0.05, 0) is 35.4 Å². The van der Waals surface area contributed by atoms with Crippen molar-refractivity contribution < 1.29 is 13.2 Å². The van der Waals surface area contributed by atoms with E-state index in [0.29, 0.717) is 10.3 Å². The Bertz CT molecular complexity index is 1780. The first kappa shape index (κ1) is 26.6. The zero-order valence-corrected chi connectivity index (χ0v) is 24.4. The summed E-state index contributed by atoms with van der Waals surface area (Å²) >= 11 is 7.29. The van der Waals surface area contributed by atoms with Gasteiger partial charge in [0.15, 0.2) is 5.78 Å². The molecule has 4 aromatic heterocycles. The van der Waals surface area contributed by atoms with E-state index in [1.807, 2.05) is 72.8 Å². The molecule has 192 valence electrons. The van der Waals surface area contributed by atoms with Crippen molar-refractivity contribution in [1.29, 1.82) is 0 Å². The quantitative estimate of drug-likeness (QED) is 0.158. The molecule has 0 aliphatic carbocycles. The molecule has 0 saturated heterocycles. The number of hydrogen-bond acceptors (Lipinski definition) is 8. The minimum Gasteiger partial charge on any atom is -0.292 e. The summed E-state index contributed by atoms with van der Waals surface area (Å²) < 4.78 is 23.9. The fourth-order valence-corrected chi connectivity index (χ4v) is 7.37. The molecule has 6 rings (SSSR count). The number of halogens is 1. The van der Waals surface area contributed by atoms with Crippen LogP contribution in [0, 0.1) is 0 Å². The van der Waals surface area contributed by atoms with E-state index in [9.17, 15) is 13.2 Å². The summed E-state index contributed by atoms with van der Waals surface area (Å²) in [5.74, 6) is 0.141. The lowest BCUT2D eigenvalue weighted by Crippen LogP contribution is -2.11. The number of nitrogens with two attached hydrogens (primary N) is 1. The lowest BCUT2D eigenvalue weighted by molar-refractivity contribution is 0.102. The van der Waals surface area contributed by atoms with Crippen molar-refractivity contribution in [2.45, 2.75) is 4.34 Å². The number of fused-ring (bicyclic) bond motifs is 1. The second-order valence-electron chi connectivity index (χ2n) is 7.88. The maximum atomic E-state index is 11.4. The third-order valence-corrected chi connectivity index (χ3v) is 10.3. The van der Waals surface area contributed by atoms with Crippen LogP contribution in [0.4, 0.5) is 0 Å². The van der Waals surface area contributed by atoms with E-state index in [0.717, 1.165) is 47.7 Å². The van der Waals surface area contributed by atoms with Crippen LogP contribution in [0.3, 0.4) is 0 Å². The average Bonchev–Trinajstić information content (AvgIpc) is 3.72. The highest BCUT2D eigenvalue weighted by atomic mass is 79.9. The average molecular weight is 644 g/mol. The summed E-state index contributed by atoms with van der Waals surface area (Å²) in [5.41, 5.74) is 3.08. The van der Waals surface area contributed by atoms with E-state index < -0.39 is 10.0 Å². The summed E-state index contributed by atoms with van der Waals surface area (Å²) in [5, 5.41) is 9.43. The number of primary sulfonamides is 1. The van der Waals surface area contributed by atoms with Gasteiger partial charge in [0.05, 0.1) is 21.3 Å². The maximum absolute atomic E-state index is 11.4. The van der Waals surface area contributed by atoms with Gasteiger partial charge in [-0.2, -0.15) is 0 Å². The molecule has 6 aromatic rings. The molecule has 0 aliphatic rings. The van der Waals surface area contributed by atoms with Gasteiger partial charge in [-0.1, -0.05) is 87.9 Å². The van der Waals surface area contributed by atoms with Crippen molar-refractivity contribution >= 4 is 70.7 Å². The zero-order chi connectivity index (χ0) is 26.7. The Labute approximate surface area is 239 Å². The standard InChI is InChI=1S/C14H10N4O2S3.C12H9BrOS/c15-23(19,20)14-17-18-8-10(16-13(18)22-14)12-7-6-11(21-12)9-4-2-1-3-5-9;13-8-10(14)12-7-6-11(15-12)9-4-2-1-3-5-9/h1-8H,(H2,15,19,20);1-7H,8H2. The smallest absolute Gasteiger partial charge is 0.267 e. The van der Waals surface area contributed by atoms with E-state index in [2.05, 4.69) is 38.1 Å². The number of rotatable bonds is 6. The number of aromatic nitrogens is 3. The number of nitrogens with zero attached hydrogens (tertiary/aromatic N) is 3.